The Kier molecular flexibility index (Phi) is 7.72. The van der Waals surface area contributed by atoms with E-state index in [0.29, 0.717) is 11.4 Å². The number of hydrogen-bond donors (Lipinski definition) is 2. The Bertz CT molecular complexity index is 968. The van der Waals surface area contributed by atoms with Crippen LogP contribution in [0, 0.1) is 6.92 Å². The van der Waals surface area contributed by atoms with E-state index in [1.165, 1.54) is 11.5 Å². The summed E-state index contributed by atoms with van der Waals surface area (Å²) >= 11 is 7.92. The van der Waals surface area contributed by atoms with Gasteiger partial charge in [0.25, 0.3) is 6.47 Å². The fourth-order valence-corrected chi connectivity index (χ4v) is 4.07. The minimum atomic E-state index is -0.250. The zero-order valence-electron chi connectivity index (χ0n) is 15.8. The quantitative estimate of drug-likeness (QED) is 0.551. The molecule has 1 aromatic heterocycles. The average Bonchev–Trinajstić information content (AvgIpc) is 3.03. The number of carbonyl (C=O) groups excluding carboxylic acids is 1. The van der Waals surface area contributed by atoms with Gasteiger partial charge in [0.2, 0.25) is 0 Å². The van der Waals surface area contributed by atoms with Crippen LogP contribution in [0.5, 0.6) is 0 Å². The van der Waals surface area contributed by atoms with Crippen LogP contribution < -0.4 is 5.32 Å². The maximum atomic E-state index is 11.3. The Balaban J connectivity index is 0.000000878. The highest BCUT2D eigenvalue weighted by Crippen LogP contribution is 2.36. The number of ketones is 1. The van der Waals surface area contributed by atoms with Crippen LogP contribution in [-0.2, 0) is 16.0 Å². The molecule has 2 N–H and O–H groups in total. The third-order valence-corrected chi connectivity index (χ3v) is 5.36. The van der Waals surface area contributed by atoms with Crippen LogP contribution in [-0.4, -0.2) is 28.8 Å². The monoisotopic (exact) mass is 416 g/mol. The van der Waals surface area contributed by atoms with E-state index >= 15 is 0 Å². The van der Waals surface area contributed by atoms with Crippen molar-refractivity contribution in [2.45, 2.75) is 20.3 Å². The lowest BCUT2D eigenvalue weighted by molar-refractivity contribution is -0.123. The van der Waals surface area contributed by atoms with Crippen molar-refractivity contribution in [3.63, 3.8) is 0 Å². The zero-order valence-corrected chi connectivity index (χ0v) is 17.4. The number of Topliss-reactive ketones (excluding diaryl/α,β-unsaturated/α-hetero) is 1. The summed E-state index contributed by atoms with van der Waals surface area (Å²) in [4.78, 5) is 20.7. The van der Waals surface area contributed by atoms with Gasteiger partial charge >= 0.3 is 0 Å². The summed E-state index contributed by atoms with van der Waals surface area (Å²) in [5.74, 6) is 0.133. The third kappa shape index (κ3) is 5.18. The van der Waals surface area contributed by atoms with E-state index in [2.05, 4.69) is 34.0 Å². The summed E-state index contributed by atoms with van der Waals surface area (Å²) in [5, 5.41) is 10.8. The topological polar surface area (TPSA) is 79.3 Å². The molecule has 5 nitrogen and oxygen atoms in total. The lowest BCUT2D eigenvalue weighted by Gasteiger charge is -2.08. The summed E-state index contributed by atoms with van der Waals surface area (Å²) in [5.41, 5.74) is 6.17. The number of carbonyl (C=O) groups is 2. The molecule has 146 valence electrons. The second-order valence-corrected chi connectivity index (χ2v) is 7.28. The van der Waals surface area contributed by atoms with Crippen LogP contribution in [0.25, 0.3) is 21.6 Å². The van der Waals surface area contributed by atoms with Crippen molar-refractivity contribution in [1.29, 1.82) is 0 Å². The van der Waals surface area contributed by atoms with Gasteiger partial charge in [-0.05, 0) is 48.1 Å². The standard InChI is InChI=1S/C20H19ClN2OS.CH2O2/c1-12(24)10-14-4-9-17(18(21)11-14)15-5-7-16(8-6-15)20-19(22-3)13(2)23-25-20;2-1-3/h4-9,11,22H,10H2,1-3H3;1H,(H,2,3). The zero-order chi connectivity index (χ0) is 20.7. The van der Waals surface area contributed by atoms with E-state index in [9.17, 15) is 4.79 Å². The smallest absolute Gasteiger partial charge is 0.290 e. The Morgan fingerprint density at radius 1 is 1.21 bits per heavy atom. The van der Waals surface area contributed by atoms with Gasteiger partial charge in [-0.1, -0.05) is 48.0 Å². The molecule has 0 unspecified atom stereocenters. The van der Waals surface area contributed by atoms with Crippen LogP contribution in [0.2, 0.25) is 5.02 Å². The molecule has 0 aliphatic carbocycles. The van der Waals surface area contributed by atoms with Gasteiger partial charge in [-0.3, -0.25) is 9.59 Å². The van der Waals surface area contributed by atoms with Crippen molar-refractivity contribution in [2.75, 3.05) is 12.4 Å². The second-order valence-electron chi connectivity index (χ2n) is 6.10. The first kappa shape index (κ1) is 21.6. The SMILES string of the molecule is CNc1c(C)nsc1-c1ccc(-c2ccc(CC(C)=O)cc2Cl)cc1.O=CO. The minimum absolute atomic E-state index is 0.133. The molecule has 0 fully saturated rings. The maximum Gasteiger partial charge on any atom is 0.290 e. The van der Waals surface area contributed by atoms with E-state index in [-0.39, 0.29) is 12.3 Å². The number of aryl methyl sites for hydroxylation is 1. The summed E-state index contributed by atoms with van der Waals surface area (Å²) in [6.07, 6.45) is 0.413. The molecule has 2 aromatic carbocycles. The first-order chi connectivity index (χ1) is 13.4. The van der Waals surface area contributed by atoms with Crippen LogP contribution in [0.4, 0.5) is 5.69 Å². The number of carboxylic acid groups (broad SMARTS) is 1. The summed E-state index contributed by atoms with van der Waals surface area (Å²) < 4.78 is 4.42. The number of nitrogens with one attached hydrogen (secondary N) is 1. The molecule has 3 rings (SSSR count). The van der Waals surface area contributed by atoms with Crippen molar-refractivity contribution in [1.82, 2.24) is 4.37 Å². The Morgan fingerprint density at radius 3 is 2.36 bits per heavy atom. The number of anilines is 1. The van der Waals surface area contributed by atoms with Crippen molar-refractivity contribution >= 4 is 41.1 Å². The highest BCUT2D eigenvalue weighted by Gasteiger charge is 2.12. The molecular weight excluding hydrogens is 396 g/mol. The predicted octanol–water partition coefficient (Wildman–Crippen LogP) is 5.31. The molecule has 0 aliphatic rings. The number of nitrogens with zero attached hydrogens (tertiary/aromatic N) is 1. The van der Waals surface area contributed by atoms with E-state index in [4.69, 9.17) is 21.5 Å². The third-order valence-electron chi connectivity index (χ3n) is 4.06. The minimum Gasteiger partial charge on any atom is -0.483 e. The molecule has 0 saturated carbocycles. The van der Waals surface area contributed by atoms with Gasteiger partial charge in [0.1, 0.15) is 5.78 Å². The van der Waals surface area contributed by atoms with Crippen LogP contribution >= 0.6 is 23.1 Å². The Labute approximate surface area is 173 Å². The first-order valence-corrected chi connectivity index (χ1v) is 9.67. The molecule has 0 aliphatic heterocycles. The first-order valence-electron chi connectivity index (χ1n) is 8.51. The molecular formula is C21H21ClN2O3S. The van der Waals surface area contributed by atoms with E-state index < -0.39 is 0 Å². The number of aromatic nitrogens is 1. The van der Waals surface area contributed by atoms with Gasteiger partial charge in [0, 0.05) is 24.1 Å². The summed E-state index contributed by atoms with van der Waals surface area (Å²) in [7, 11) is 1.91. The molecule has 7 heteroatoms. The van der Waals surface area contributed by atoms with Gasteiger partial charge in [-0.2, -0.15) is 4.37 Å². The number of benzene rings is 2. The predicted molar refractivity (Wildman–Crippen MR) is 115 cm³/mol. The summed E-state index contributed by atoms with van der Waals surface area (Å²) in [6.45, 7) is 3.34. The number of halogens is 1. The van der Waals surface area contributed by atoms with Gasteiger partial charge in [-0.15, -0.1) is 0 Å². The normalized spacial score (nSPS) is 10.0. The molecule has 28 heavy (non-hydrogen) atoms. The second kappa shape index (κ2) is 10.0. The van der Waals surface area contributed by atoms with Gasteiger partial charge in [0.05, 0.1) is 16.3 Å². The fraction of sp³-hybridized carbons (Fsp3) is 0.190. The fourth-order valence-electron chi connectivity index (χ4n) is 2.85. The van der Waals surface area contributed by atoms with Crippen molar-refractivity contribution in [3.05, 3.63) is 58.7 Å². The largest absolute Gasteiger partial charge is 0.483 e. The van der Waals surface area contributed by atoms with Crippen LogP contribution in [0.15, 0.2) is 42.5 Å². The summed E-state index contributed by atoms with van der Waals surface area (Å²) in [6, 6.07) is 14.1. The molecule has 0 spiro atoms. The molecule has 0 amide bonds. The highest BCUT2D eigenvalue weighted by atomic mass is 35.5. The van der Waals surface area contributed by atoms with Gasteiger partial charge < -0.3 is 10.4 Å². The Morgan fingerprint density at radius 2 is 1.82 bits per heavy atom. The highest BCUT2D eigenvalue weighted by molar-refractivity contribution is 7.10. The van der Waals surface area contributed by atoms with Crippen molar-refractivity contribution in [3.8, 4) is 21.6 Å². The lowest BCUT2D eigenvalue weighted by Crippen LogP contribution is -1.96. The van der Waals surface area contributed by atoms with E-state index in [0.717, 1.165) is 38.5 Å². The van der Waals surface area contributed by atoms with E-state index in [1.54, 1.807) is 6.92 Å². The Hall–Kier alpha value is -2.70. The van der Waals surface area contributed by atoms with Gasteiger partial charge in [0.15, 0.2) is 0 Å². The lowest BCUT2D eigenvalue weighted by atomic mass is 10.00. The van der Waals surface area contributed by atoms with Crippen LogP contribution in [0.3, 0.4) is 0 Å². The van der Waals surface area contributed by atoms with Crippen LogP contribution in [0.1, 0.15) is 18.2 Å². The number of hydrogen-bond acceptors (Lipinski definition) is 5. The van der Waals surface area contributed by atoms with Crippen molar-refractivity contribution < 1.29 is 14.7 Å². The van der Waals surface area contributed by atoms with E-state index in [1.807, 2.05) is 32.2 Å². The molecule has 0 bridgehead atoms. The molecule has 0 saturated heterocycles. The number of rotatable bonds is 5. The molecule has 1 heterocycles. The molecule has 0 atom stereocenters. The van der Waals surface area contributed by atoms with Crippen molar-refractivity contribution in [2.24, 2.45) is 0 Å². The molecule has 0 radical (unpaired) electrons. The van der Waals surface area contributed by atoms with Gasteiger partial charge in [-0.25, -0.2) is 0 Å². The molecule has 3 aromatic rings. The average molecular weight is 417 g/mol. The maximum absolute atomic E-state index is 11.3.